The molecular weight excluding hydrogens is 826 g/mol. The molecule has 0 unspecified atom stereocenters. The number of nitrogens with zero attached hydrogens (tertiary/aromatic N) is 2. The zero-order valence-corrected chi connectivity index (χ0v) is 38.9. The Morgan fingerprint density at radius 3 is 1.10 bits per heavy atom. The van der Waals surface area contributed by atoms with Gasteiger partial charge in [-0.15, -0.1) is 0 Å². The molecule has 6 heteroatoms. The molecule has 5 heterocycles. The lowest BCUT2D eigenvalue weighted by Crippen LogP contribution is -2.61. The Balaban J connectivity index is 1.10. The predicted molar refractivity (Wildman–Crippen MR) is 290 cm³/mol. The minimum absolute atomic E-state index is 0.0532. The van der Waals surface area contributed by atoms with Crippen LogP contribution in [0.4, 0.5) is 34.1 Å². The highest BCUT2D eigenvalue weighted by molar-refractivity contribution is 7.00. The van der Waals surface area contributed by atoms with Crippen LogP contribution in [0.25, 0.3) is 65.4 Å². The fraction of sp³-hybridized carbons (Fsp3) is 0.0968. The molecule has 4 nitrogen and oxygen atoms in total. The first-order valence-corrected chi connectivity index (χ1v) is 24.0. The van der Waals surface area contributed by atoms with Crippen LogP contribution in [0.15, 0.2) is 167 Å². The maximum atomic E-state index is 7.29. The lowest BCUT2D eigenvalue weighted by Gasteiger charge is -2.48. The zero-order valence-electron chi connectivity index (χ0n) is 38.9. The molecule has 12 aromatic rings. The number of aryl methyl sites for hydroxylation is 6. The summed E-state index contributed by atoms with van der Waals surface area (Å²) in [5.41, 5.74) is 26.0. The standard InChI is InChI=1S/C62H44B2N2O2/c1-33-25-35(3)55(36(4)26-33)63-47-17-11-19-51-57(47)65(59-49(63)23-21-43-45-29-39-13-7-9-15-41(39)31-53(45)67-61(43)59)52-20-12-18-48-58(52)66(51)60-50(64(48)56-37(5)27-34(2)28-38(56)6)24-22-44-46-30-40-14-8-10-16-42(40)32-54(46)68-62(44)60/h7-32H,1-6H3. The maximum Gasteiger partial charge on any atom is 0.247 e. The Bertz CT molecular complexity index is 3950. The van der Waals surface area contributed by atoms with E-state index in [2.05, 4.69) is 209 Å². The van der Waals surface area contributed by atoms with Gasteiger partial charge in [-0.05, 0) is 121 Å². The van der Waals surface area contributed by atoms with Gasteiger partial charge in [-0.2, -0.15) is 0 Å². The van der Waals surface area contributed by atoms with Crippen molar-refractivity contribution in [2.75, 3.05) is 9.80 Å². The molecule has 3 aliphatic rings. The van der Waals surface area contributed by atoms with Crippen molar-refractivity contribution in [3.05, 3.63) is 191 Å². The Morgan fingerprint density at radius 2 is 0.706 bits per heavy atom. The van der Waals surface area contributed by atoms with Crippen molar-refractivity contribution in [3.8, 4) is 0 Å². The van der Waals surface area contributed by atoms with E-state index in [9.17, 15) is 0 Å². The van der Waals surface area contributed by atoms with Crippen molar-refractivity contribution in [2.24, 2.45) is 0 Å². The van der Waals surface area contributed by atoms with E-state index in [1.165, 1.54) is 99.1 Å². The summed E-state index contributed by atoms with van der Waals surface area (Å²) < 4.78 is 14.6. The van der Waals surface area contributed by atoms with Gasteiger partial charge in [-0.3, -0.25) is 0 Å². The molecule has 10 aromatic carbocycles. The first kappa shape index (κ1) is 38.2. The van der Waals surface area contributed by atoms with Crippen LogP contribution < -0.4 is 42.6 Å². The molecule has 15 rings (SSSR count). The molecule has 0 N–H and O–H groups in total. The quantitative estimate of drug-likeness (QED) is 0.162. The van der Waals surface area contributed by atoms with Crippen LogP contribution >= 0.6 is 0 Å². The normalized spacial score (nSPS) is 13.6. The number of furan rings is 2. The molecule has 0 saturated carbocycles. The Kier molecular flexibility index (Phi) is 7.50. The summed E-state index contributed by atoms with van der Waals surface area (Å²) in [5, 5.41) is 9.27. The van der Waals surface area contributed by atoms with E-state index in [-0.39, 0.29) is 13.4 Å². The molecule has 320 valence electrons. The number of rotatable bonds is 2. The zero-order chi connectivity index (χ0) is 45.4. The molecule has 0 bridgehead atoms. The van der Waals surface area contributed by atoms with Gasteiger partial charge in [0.05, 0.1) is 34.1 Å². The largest absolute Gasteiger partial charge is 0.454 e. The van der Waals surface area contributed by atoms with E-state index >= 15 is 0 Å². The number of hydrogen-bond donors (Lipinski definition) is 0. The third-order valence-electron chi connectivity index (χ3n) is 15.8. The summed E-state index contributed by atoms with van der Waals surface area (Å²) in [6, 6.07) is 59.2. The maximum absolute atomic E-state index is 7.29. The summed E-state index contributed by atoms with van der Waals surface area (Å²) >= 11 is 0. The van der Waals surface area contributed by atoms with Crippen molar-refractivity contribution >= 4 is 146 Å². The van der Waals surface area contributed by atoms with Gasteiger partial charge in [-0.1, -0.05) is 166 Å². The Hall–Kier alpha value is -7.95. The van der Waals surface area contributed by atoms with Gasteiger partial charge in [0.1, 0.15) is 11.2 Å². The van der Waals surface area contributed by atoms with Crippen molar-refractivity contribution in [1.82, 2.24) is 0 Å². The lowest BCUT2D eigenvalue weighted by atomic mass is 9.33. The van der Waals surface area contributed by atoms with E-state index in [1.807, 2.05) is 0 Å². The van der Waals surface area contributed by atoms with Crippen LogP contribution in [-0.4, -0.2) is 13.4 Å². The molecule has 0 aliphatic carbocycles. The molecule has 0 saturated heterocycles. The summed E-state index contributed by atoms with van der Waals surface area (Å²) in [6.07, 6.45) is 0. The molecule has 0 radical (unpaired) electrons. The average molecular weight is 871 g/mol. The van der Waals surface area contributed by atoms with Crippen LogP contribution in [0, 0.1) is 41.5 Å². The van der Waals surface area contributed by atoms with E-state index in [0.717, 1.165) is 66.6 Å². The van der Waals surface area contributed by atoms with Gasteiger partial charge in [-0.25, -0.2) is 0 Å². The van der Waals surface area contributed by atoms with Crippen molar-refractivity contribution in [1.29, 1.82) is 0 Å². The van der Waals surface area contributed by atoms with Gasteiger partial charge in [0.2, 0.25) is 13.4 Å². The predicted octanol–water partition coefficient (Wildman–Crippen LogP) is 12.6. The number of fused-ring (bicyclic) bond motifs is 16. The number of benzene rings is 10. The van der Waals surface area contributed by atoms with Crippen LogP contribution in [0.5, 0.6) is 0 Å². The monoisotopic (exact) mass is 870 g/mol. The van der Waals surface area contributed by atoms with Crippen LogP contribution in [0.3, 0.4) is 0 Å². The molecule has 0 amide bonds. The van der Waals surface area contributed by atoms with Crippen LogP contribution in [0.1, 0.15) is 33.4 Å². The fourth-order valence-electron chi connectivity index (χ4n) is 13.3. The number of hydrogen-bond acceptors (Lipinski definition) is 4. The van der Waals surface area contributed by atoms with Gasteiger partial charge in [0.15, 0.2) is 11.2 Å². The minimum Gasteiger partial charge on any atom is -0.454 e. The number of para-hydroxylation sites is 2. The molecule has 0 atom stereocenters. The first-order valence-electron chi connectivity index (χ1n) is 24.0. The van der Waals surface area contributed by atoms with Crippen molar-refractivity contribution in [2.45, 2.75) is 41.5 Å². The second-order valence-corrected chi connectivity index (χ2v) is 19.9. The highest BCUT2D eigenvalue weighted by Crippen LogP contribution is 2.57. The minimum atomic E-state index is -0.0532. The molecule has 2 aromatic heterocycles. The number of anilines is 6. The highest BCUT2D eigenvalue weighted by atomic mass is 16.3. The van der Waals surface area contributed by atoms with Gasteiger partial charge < -0.3 is 18.6 Å². The van der Waals surface area contributed by atoms with E-state index in [0.29, 0.717) is 0 Å². The molecule has 68 heavy (non-hydrogen) atoms. The SMILES string of the molecule is Cc1cc(C)c(B2c3cccc4c3N(c3cccc5c3N4c3c(ccc4c3oc3cc6ccccc6cc34)B5c3c(C)cc(C)cc3C)c3c2ccc2c3oc3cc4ccccc4cc32)c(C)c1. The van der Waals surface area contributed by atoms with Crippen LogP contribution in [-0.2, 0) is 0 Å². The van der Waals surface area contributed by atoms with Gasteiger partial charge in [0.25, 0.3) is 0 Å². The lowest BCUT2D eigenvalue weighted by molar-refractivity contribution is 0.669. The van der Waals surface area contributed by atoms with E-state index < -0.39 is 0 Å². The van der Waals surface area contributed by atoms with Gasteiger partial charge >= 0.3 is 0 Å². The van der Waals surface area contributed by atoms with Crippen molar-refractivity contribution in [3.63, 3.8) is 0 Å². The first-order chi connectivity index (χ1) is 33.2. The Morgan fingerprint density at radius 1 is 0.338 bits per heavy atom. The summed E-state index contributed by atoms with van der Waals surface area (Å²) in [5.74, 6) is 0. The summed E-state index contributed by atoms with van der Waals surface area (Å²) in [6.45, 7) is 13.5. The third kappa shape index (κ3) is 4.92. The van der Waals surface area contributed by atoms with Crippen molar-refractivity contribution < 1.29 is 8.83 Å². The van der Waals surface area contributed by atoms with Crippen LogP contribution in [0.2, 0.25) is 0 Å². The topological polar surface area (TPSA) is 32.8 Å². The van der Waals surface area contributed by atoms with E-state index in [1.54, 1.807) is 0 Å². The van der Waals surface area contributed by atoms with Gasteiger partial charge in [0, 0.05) is 21.5 Å². The molecule has 3 aliphatic heterocycles. The van der Waals surface area contributed by atoms with E-state index in [4.69, 9.17) is 8.83 Å². The summed E-state index contributed by atoms with van der Waals surface area (Å²) in [7, 11) is 0. The second kappa shape index (κ2) is 13.4. The molecule has 0 fully saturated rings. The fourth-order valence-corrected chi connectivity index (χ4v) is 13.3. The molecule has 0 spiro atoms. The average Bonchev–Trinajstić information content (AvgIpc) is 3.88. The summed E-state index contributed by atoms with van der Waals surface area (Å²) in [4.78, 5) is 5.16. The highest BCUT2D eigenvalue weighted by Gasteiger charge is 2.48. The smallest absolute Gasteiger partial charge is 0.247 e. The molecular formula is C62H44B2N2O2. The Labute approximate surface area is 395 Å². The second-order valence-electron chi connectivity index (χ2n) is 19.9. The third-order valence-corrected chi connectivity index (χ3v) is 15.8.